The van der Waals surface area contributed by atoms with Crippen LogP contribution in [-0.4, -0.2) is 58.9 Å². The number of anilines is 1. The Kier molecular flexibility index (Phi) is 4.55. The molecule has 7 heteroatoms. The van der Waals surface area contributed by atoms with Gasteiger partial charge in [-0.3, -0.25) is 4.90 Å². The minimum absolute atomic E-state index is 0.386. The van der Waals surface area contributed by atoms with Crippen molar-refractivity contribution in [2.75, 3.05) is 44.3 Å². The maximum Gasteiger partial charge on any atom is 0.156 e. The van der Waals surface area contributed by atoms with E-state index in [0.29, 0.717) is 5.92 Å². The van der Waals surface area contributed by atoms with E-state index in [1.54, 1.807) is 6.26 Å². The number of fused-ring (bicyclic) bond motifs is 1. The van der Waals surface area contributed by atoms with Crippen molar-refractivity contribution in [3.63, 3.8) is 0 Å². The minimum atomic E-state index is 0.386. The molecule has 2 aliphatic heterocycles. The molecule has 142 valence electrons. The van der Waals surface area contributed by atoms with Crippen LogP contribution in [0.25, 0.3) is 5.65 Å². The van der Waals surface area contributed by atoms with Crippen LogP contribution in [0.5, 0.6) is 0 Å². The number of piperidine rings is 1. The number of aromatic nitrogens is 3. The van der Waals surface area contributed by atoms with Gasteiger partial charge in [0.2, 0.25) is 0 Å². The molecule has 3 aromatic heterocycles. The summed E-state index contributed by atoms with van der Waals surface area (Å²) in [6, 6.07) is 6.26. The topological polar surface area (TPSA) is 59.0 Å². The predicted molar refractivity (Wildman–Crippen MR) is 102 cm³/mol. The quantitative estimate of drug-likeness (QED) is 0.706. The number of furan rings is 1. The van der Waals surface area contributed by atoms with Crippen molar-refractivity contribution >= 4 is 11.3 Å². The molecule has 0 spiro atoms. The van der Waals surface area contributed by atoms with E-state index in [9.17, 15) is 0 Å². The minimum Gasteiger partial charge on any atom is -0.472 e. The molecule has 0 aromatic carbocycles. The summed E-state index contributed by atoms with van der Waals surface area (Å²) >= 11 is 0. The van der Waals surface area contributed by atoms with Crippen molar-refractivity contribution < 1.29 is 9.15 Å². The molecule has 2 saturated heterocycles. The van der Waals surface area contributed by atoms with Crippen LogP contribution in [0.2, 0.25) is 0 Å². The lowest BCUT2D eigenvalue weighted by Gasteiger charge is -2.30. The normalized spacial score (nSPS) is 21.8. The second kappa shape index (κ2) is 7.32. The van der Waals surface area contributed by atoms with Gasteiger partial charge < -0.3 is 14.1 Å². The molecule has 0 radical (unpaired) electrons. The lowest BCUT2D eigenvalue weighted by atomic mass is 9.97. The Labute approximate surface area is 158 Å². The average Bonchev–Trinajstić information content (AvgIpc) is 3.38. The van der Waals surface area contributed by atoms with E-state index in [1.807, 2.05) is 16.8 Å². The van der Waals surface area contributed by atoms with Crippen LogP contribution < -0.4 is 4.90 Å². The third-order valence-electron chi connectivity index (χ3n) is 5.56. The van der Waals surface area contributed by atoms with E-state index in [2.05, 4.69) is 28.1 Å². The largest absolute Gasteiger partial charge is 0.472 e. The first kappa shape index (κ1) is 16.8. The Morgan fingerprint density at radius 2 is 2.04 bits per heavy atom. The standard InChI is InChI=1S/C20H25N5O2/c1-2-17(13-23(6-1)12-16-5-9-27-15-16)20-21-19-4-3-18(14-25(19)22-20)24-7-10-26-11-8-24/h3-5,9,14-15,17H,1-2,6-8,10-13H2/t17-/m1/s1. The van der Waals surface area contributed by atoms with Gasteiger partial charge >= 0.3 is 0 Å². The van der Waals surface area contributed by atoms with E-state index in [-0.39, 0.29) is 0 Å². The number of hydrogen-bond donors (Lipinski definition) is 0. The summed E-state index contributed by atoms with van der Waals surface area (Å²) in [5.41, 5.74) is 3.34. The number of ether oxygens (including phenoxy) is 1. The van der Waals surface area contributed by atoms with E-state index in [4.69, 9.17) is 19.2 Å². The van der Waals surface area contributed by atoms with Gasteiger partial charge in [-0.1, -0.05) is 0 Å². The van der Waals surface area contributed by atoms with Gasteiger partial charge in [-0.05, 0) is 37.6 Å². The summed E-state index contributed by atoms with van der Waals surface area (Å²) < 4.78 is 12.6. The van der Waals surface area contributed by atoms with E-state index in [0.717, 1.165) is 63.8 Å². The van der Waals surface area contributed by atoms with Crippen LogP contribution in [0.3, 0.4) is 0 Å². The summed E-state index contributed by atoms with van der Waals surface area (Å²) in [4.78, 5) is 9.64. The lowest BCUT2D eigenvalue weighted by molar-refractivity contribution is 0.122. The highest BCUT2D eigenvalue weighted by molar-refractivity contribution is 5.51. The first-order valence-corrected chi connectivity index (χ1v) is 9.77. The van der Waals surface area contributed by atoms with Gasteiger partial charge in [-0.2, -0.15) is 5.10 Å². The van der Waals surface area contributed by atoms with E-state index >= 15 is 0 Å². The van der Waals surface area contributed by atoms with Gasteiger partial charge in [0.1, 0.15) is 0 Å². The zero-order chi connectivity index (χ0) is 18.1. The van der Waals surface area contributed by atoms with Crippen molar-refractivity contribution in [2.45, 2.75) is 25.3 Å². The van der Waals surface area contributed by atoms with Crippen LogP contribution in [0, 0.1) is 0 Å². The molecule has 0 unspecified atom stereocenters. The molecule has 0 N–H and O–H groups in total. The molecule has 7 nitrogen and oxygen atoms in total. The summed E-state index contributed by atoms with van der Waals surface area (Å²) in [5.74, 6) is 1.35. The van der Waals surface area contributed by atoms with Gasteiger partial charge in [0.25, 0.3) is 0 Å². The smallest absolute Gasteiger partial charge is 0.156 e. The zero-order valence-electron chi connectivity index (χ0n) is 15.5. The number of likely N-dealkylation sites (tertiary alicyclic amines) is 1. The van der Waals surface area contributed by atoms with E-state index in [1.165, 1.54) is 17.7 Å². The zero-order valence-corrected chi connectivity index (χ0v) is 15.5. The molecule has 0 amide bonds. The first-order chi connectivity index (χ1) is 13.3. The summed E-state index contributed by atoms with van der Waals surface area (Å²) in [5, 5.41) is 4.83. The number of hydrogen-bond acceptors (Lipinski definition) is 6. The van der Waals surface area contributed by atoms with Crippen molar-refractivity contribution in [3.05, 3.63) is 48.3 Å². The Morgan fingerprint density at radius 3 is 2.89 bits per heavy atom. The molecule has 0 saturated carbocycles. The Bertz CT molecular complexity index is 885. The highest BCUT2D eigenvalue weighted by atomic mass is 16.5. The molecule has 5 rings (SSSR count). The number of rotatable bonds is 4. The van der Waals surface area contributed by atoms with Gasteiger partial charge in [0.15, 0.2) is 11.5 Å². The maximum atomic E-state index is 5.45. The third-order valence-corrected chi connectivity index (χ3v) is 5.56. The second-order valence-corrected chi connectivity index (χ2v) is 7.47. The molecule has 27 heavy (non-hydrogen) atoms. The van der Waals surface area contributed by atoms with Crippen molar-refractivity contribution in [3.8, 4) is 0 Å². The molecule has 2 fully saturated rings. The Morgan fingerprint density at radius 1 is 1.11 bits per heavy atom. The fraction of sp³-hybridized carbons (Fsp3) is 0.500. The van der Waals surface area contributed by atoms with Crippen LogP contribution in [0.1, 0.15) is 30.1 Å². The second-order valence-electron chi connectivity index (χ2n) is 7.47. The highest BCUT2D eigenvalue weighted by Crippen LogP contribution is 2.27. The monoisotopic (exact) mass is 367 g/mol. The molecule has 0 bridgehead atoms. The third kappa shape index (κ3) is 3.57. The van der Waals surface area contributed by atoms with Crippen LogP contribution in [-0.2, 0) is 11.3 Å². The Hall–Kier alpha value is -2.38. The highest BCUT2D eigenvalue weighted by Gasteiger charge is 2.25. The summed E-state index contributed by atoms with van der Waals surface area (Å²) in [7, 11) is 0. The van der Waals surface area contributed by atoms with Crippen LogP contribution in [0.15, 0.2) is 41.3 Å². The van der Waals surface area contributed by atoms with Crippen molar-refractivity contribution in [1.82, 2.24) is 19.5 Å². The molecule has 2 aliphatic rings. The number of morpholine rings is 1. The fourth-order valence-corrected chi connectivity index (χ4v) is 4.12. The number of nitrogens with zero attached hydrogens (tertiary/aromatic N) is 5. The van der Waals surface area contributed by atoms with Crippen LogP contribution >= 0.6 is 0 Å². The molecular weight excluding hydrogens is 342 g/mol. The van der Waals surface area contributed by atoms with Crippen molar-refractivity contribution in [1.29, 1.82) is 0 Å². The van der Waals surface area contributed by atoms with Gasteiger partial charge in [-0.25, -0.2) is 9.50 Å². The van der Waals surface area contributed by atoms with Crippen LogP contribution in [0.4, 0.5) is 5.69 Å². The first-order valence-electron chi connectivity index (χ1n) is 9.77. The van der Waals surface area contributed by atoms with Gasteiger partial charge in [0, 0.05) is 37.7 Å². The number of pyridine rings is 1. The molecule has 5 heterocycles. The van der Waals surface area contributed by atoms with E-state index < -0.39 is 0 Å². The summed E-state index contributed by atoms with van der Waals surface area (Å²) in [6.07, 6.45) is 8.00. The molecule has 0 aliphatic carbocycles. The predicted octanol–water partition coefficient (Wildman–Crippen LogP) is 2.54. The van der Waals surface area contributed by atoms with Crippen molar-refractivity contribution in [2.24, 2.45) is 0 Å². The molecule has 3 aromatic rings. The summed E-state index contributed by atoms with van der Waals surface area (Å²) in [6.45, 7) is 6.48. The SMILES string of the molecule is c1cc(CN2CCC[C@@H](c3nc4ccc(N5CCOCC5)cn4n3)C2)co1. The maximum absolute atomic E-state index is 5.45. The van der Waals surface area contributed by atoms with Gasteiger partial charge in [0.05, 0.1) is 37.6 Å². The lowest BCUT2D eigenvalue weighted by Crippen LogP contribution is -2.36. The Balaban J connectivity index is 1.33. The average molecular weight is 367 g/mol. The molecule has 1 atom stereocenters. The van der Waals surface area contributed by atoms with Gasteiger partial charge in [-0.15, -0.1) is 0 Å². The fourth-order valence-electron chi connectivity index (χ4n) is 4.12. The molecular formula is C20H25N5O2.